The number of nitriles is 1. The minimum Gasteiger partial charge on any atom is -0.345 e. The molecule has 0 heterocycles. The van der Waals surface area contributed by atoms with E-state index in [9.17, 15) is 28.4 Å². The molecular formula is C34H46F2N2O3. The van der Waals surface area contributed by atoms with Gasteiger partial charge in [0.25, 0.3) is 5.91 Å². The van der Waals surface area contributed by atoms with Crippen molar-refractivity contribution in [2.75, 3.05) is 0 Å². The number of aldehydes is 1. The van der Waals surface area contributed by atoms with Crippen LogP contribution in [0.2, 0.25) is 0 Å². The Kier molecular flexibility index (Phi) is 6.49. The lowest BCUT2D eigenvalue weighted by Gasteiger charge is -2.70. The third-order valence-electron chi connectivity index (χ3n) is 13.1. The van der Waals surface area contributed by atoms with Crippen LogP contribution < -0.4 is 5.32 Å². The fraction of sp³-hybridized carbons (Fsp3) is 0.765. The highest BCUT2D eigenvalue weighted by molar-refractivity contribution is 6.04. The summed E-state index contributed by atoms with van der Waals surface area (Å²) in [6.45, 7) is 15.7. The van der Waals surface area contributed by atoms with E-state index in [4.69, 9.17) is 0 Å². The van der Waals surface area contributed by atoms with E-state index in [0.717, 1.165) is 49.5 Å². The summed E-state index contributed by atoms with van der Waals surface area (Å²) in [5.74, 6) is -4.88. The van der Waals surface area contributed by atoms with Gasteiger partial charge >= 0.3 is 5.92 Å². The van der Waals surface area contributed by atoms with Crippen molar-refractivity contribution in [2.24, 2.45) is 44.8 Å². The molecule has 0 bridgehead atoms. The summed E-state index contributed by atoms with van der Waals surface area (Å²) < 4.78 is 28.4. The number of fused-ring (bicyclic) bond motifs is 7. The summed E-state index contributed by atoms with van der Waals surface area (Å²) in [6, 6.07) is 2.15. The molecule has 3 saturated carbocycles. The summed E-state index contributed by atoms with van der Waals surface area (Å²) in [5.41, 5.74) is -0.789. The van der Waals surface area contributed by atoms with Gasteiger partial charge in [0.05, 0.1) is 5.57 Å². The average Bonchev–Trinajstić information content (AvgIpc) is 2.86. The van der Waals surface area contributed by atoms with E-state index in [2.05, 4.69) is 46.0 Å². The van der Waals surface area contributed by atoms with E-state index >= 15 is 0 Å². The summed E-state index contributed by atoms with van der Waals surface area (Å²) in [6.07, 6.45) is 8.58. The zero-order valence-electron chi connectivity index (χ0n) is 26.0. The Morgan fingerprint density at radius 1 is 1.05 bits per heavy atom. The highest BCUT2D eigenvalue weighted by atomic mass is 19.3. The van der Waals surface area contributed by atoms with Crippen molar-refractivity contribution in [1.82, 2.24) is 5.32 Å². The first-order chi connectivity index (χ1) is 18.7. The molecule has 0 radical (unpaired) electrons. The fourth-order valence-electron chi connectivity index (χ4n) is 10.8. The summed E-state index contributed by atoms with van der Waals surface area (Å²) in [5, 5.41) is 12.8. The minimum absolute atomic E-state index is 0.0139. The second-order valence-corrected chi connectivity index (χ2v) is 16.1. The quantitative estimate of drug-likeness (QED) is 0.367. The van der Waals surface area contributed by atoms with Crippen molar-refractivity contribution >= 4 is 18.0 Å². The number of nitrogens with one attached hydrogen (secondary N) is 1. The van der Waals surface area contributed by atoms with Gasteiger partial charge in [0, 0.05) is 23.3 Å². The SMILES string of the molecule is CC1(C)CC[C@]2(NC(=O)C(C)(F)F)CC[C@]3(C)C(CC(C=O)=C4[C@@]5(C)C=C(C#N)C(=O)C(C)(C)[C@@H]5CC[C@]43C)C2C1. The predicted molar refractivity (Wildman–Crippen MR) is 153 cm³/mol. The number of rotatable bonds is 3. The van der Waals surface area contributed by atoms with E-state index in [1.165, 1.54) is 0 Å². The molecule has 41 heavy (non-hydrogen) atoms. The number of carbonyl (C=O) groups is 3. The highest BCUT2D eigenvalue weighted by Crippen LogP contribution is 2.74. The van der Waals surface area contributed by atoms with Gasteiger partial charge in [-0.05, 0) is 96.5 Å². The molecule has 0 aliphatic heterocycles. The monoisotopic (exact) mass is 568 g/mol. The molecule has 0 saturated heterocycles. The Bertz CT molecular complexity index is 1320. The molecule has 5 rings (SSSR count). The molecule has 0 aromatic heterocycles. The lowest BCUT2D eigenvalue weighted by Crippen LogP contribution is -2.69. The van der Waals surface area contributed by atoms with Gasteiger partial charge in [-0.25, -0.2) is 0 Å². The summed E-state index contributed by atoms with van der Waals surface area (Å²) in [4.78, 5) is 39.1. The molecule has 7 heteroatoms. The number of Topliss-reactive ketones (excluding diaryl/α,β-unsaturated/α-hetero) is 1. The lowest BCUT2D eigenvalue weighted by atomic mass is 9.34. The van der Waals surface area contributed by atoms with Crippen molar-refractivity contribution in [3.05, 3.63) is 22.8 Å². The van der Waals surface area contributed by atoms with Crippen LogP contribution in [0.3, 0.4) is 0 Å². The number of halogens is 2. The first kappa shape index (κ1) is 30.1. The predicted octanol–water partition coefficient (Wildman–Crippen LogP) is 7.12. The fourth-order valence-corrected chi connectivity index (χ4v) is 10.8. The van der Waals surface area contributed by atoms with E-state index in [1.54, 1.807) is 0 Å². The summed E-state index contributed by atoms with van der Waals surface area (Å²) >= 11 is 0. The van der Waals surface area contributed by atoms with Crippen LogP contribution in [0.5, 0.6) is 0 Å². The Hall–Kier alpha value is -2.36. The van der Waals surface area contributed by atoms with Crippen LogP contribution >= 0.6 is 0 Å². The highest BCUT2D eigenvalue weighted by Gasteiger charge is 2.69. The van der Waals surface area contributed by atoms with Gasteiger partial charge in [0.15, 0.2) is 5.78 Å². The Balaban J connectivity index is 1.69. The van der Waals surface area contributed by atoms with Crippen molar-refractivity contribution in [3.8, 4) is 6.07 Å². The smallest absolute Gasteiger partial charge is 0.321 e. The lowest BCUT2D eigenvalue weighted by molar-refractivity contribution is -0.163. The second kappa shape index (κ2) is 8.83. The molecule has 0 aromatic rings. The van der Waals surface area contributed by atoms with E-state index in [0.29, 0.717) is 26.2 Å². The van der Waals surface area contributed by atoms with Crippen LogP contribution in [-0.4, -0.2) is 29.4 Å². The number of ketones is 1. The number of alkyl halides is 2. The third kappa shape index (κ3) is 3.98. The molecule has 1 amide bonds. The van der Waals surface area contributed by atoms with Crippen molar-refractivity contribution in [3.63, 3.8) is 0 Å². The van der Waals surface area contributed by atoms with Crippen LogP contribution in [0.25, 0.3) is 0 Å². The molecule has 2 unspecified atom stereocenters. The largest absolute Gasteiger partial charge is 0.345 e. The van der Waals surface area contributed by atoms with Crippen LogP contribution in [0, 0.1) is 56.2 Å². The van der Waals surface area contributed by atoms with Crippen LogP contribution in [0.15, 0.2) is 22.8 Å². The zero-order chi connectivity index (χ0) is 30.6. The van der Waals surface area contributed by atoms with Gasteiger partial charge in [-0.3, -0.25) is 14.4 Å². The minimum atomic E-state index is -3.46. The number of amides is 1. The zero-order valence-corrected chi connectivity index (χ0v) is 26.0. The maximum atomic E-state index is 14.2. The normalized spacial score (nSPS) is 42.9. The van der Waals surface area contributed by atoms with Gasteiger partial charge in [0.1, 0.15) is 12.4 Å². The number of allylic oxidation sites excluding steroid dienone is 4. The van der Waals surface area contributed by atoms with Gasteiger partial charge in [-0.15, -0.1) is 0 Å². The van der Waals surface area contributed by atoms with Gasteiger partial charge in [-0.1, -0.05) is 54.5 Å². The van der Waals surface area contributed by atoms with Crippen molar-refractivity contribution in [2.45, 2.75) is 118 Å². The Morgan fingerprint density at radius 3 is 2.27 bits per heavy atom. The molecule has 5 aliphatic rings. The second-order valence-electron chi connectivity index (χ2n) is 16.1. The van der Waals surface area contributed by atoms with E-state index < -0.39 is 33.6 Å². The van der Waals surface area contributed by atoms with Crippen LogP contribution in [0.4, 0.5) is 8.78 Å². The standard InChI is InChI=1S/C34H46F2N2O3/c1-28(2)11-13-34(38-27(41)33(8,35)36)14-12-31(6)22(23(34)17-28)15-20(19-39)25-30(5)16-21(18-37)26(40)29(3,4)24(30)9-10-32(25,31)7/h16,19,22-24H,9-15,17H2,1-8H3,(H,38,41)/t22?,23?,24-,30-,31+,32+,34-/m0/s1. The summed E-state index contributed by atoms with van der Waals surface area (Å²) in [7, 11) is 0. The van der Waals surface area contributed by atoms with Gasteiger partial charge < -0.3 is 5.32 Å². The molecule has 0 aromatic carbocycles. The van der Waals surface area contributed by atoms with Gasteiger partial charge in [0.2, 0.25) is 0 Å². The molecule has 5 aliphatic carbocycles. The molecule has 224 valence electrons. The Morgan fingerprint density at radius 2 is 1.68 bits per heavy atom. The first-order valence-corrected chi connectivity index (χ1v) is 15.3. The molecular weight excluding hydrogens is 522 g/mol. The number of hydrogen-bond donors (Lipinski definition) is 1. The number of carbonyl (C=O) groups excluding carboxylic acids is 3. The average molecular weight is 569 g/mol. The topological polar surface area (TPSA) is 87.0 Å². The molecule has 0 spiro atoms. The first-order valence-electron chi connectivity index (χ1n) is 15.3. The van der Waals surface area contributed by atoms with Crippen LogP contribution in [0.1, 0.15) is 107 Å². The van der Waals surface area contributed by atoms with Gasteiger partial charge in [-0.2, -0.15) is 14.0 Å². The van der Waals surface area contributed by atoms with Crippen LogP contribution in [-0.2, 0) is 14.4 Å². The maximum Gasteiger partial charge on any atom is 0.321 e. The van der Waals surface area contributed by atoms with Crippen molar-refractivity contribution < 1.29 is 23.2 Å². The third-order valence-corrected chi connectivity index (χ3v) is 13.1. The van der Waals surface area contributed by atoms with E-state index in [-0.39, 0.29) is 39.9 Å². The molecule has 5 nitrogen and oxygen atoms in total. The molecule has 7 atom stereocenters. The molecule has 1 N–H and O–H groups in total. The number of hydrogen-bond acceptors (Lipinski definition) is 4. The van der Waals surface area contributed by atoms with E-state index in [1.807, 2.05) is 19.9 Å². The van der Waals surface area contributed by atoms with Crippen molar-refractivity contribution in [1.29, 1.82) is 5.26 Å². The number of nitrogens with zero attached hydrogens (tertiary/aromatic N) is 1. The Labute approximate surface area is 243 Å². The molecule has 3 fully saturated rings. The maximum absolute atomic E-state index is 14.2.